The maximum atomic E-state index is 12.0. The molecule has 0 atom stereocenters. The summed E-state index contributed by atoms with van der Waals surface area (Å²) in [5, 5.41) is 9.98. The summed E-state index contributed by atoms with van der Waals surface area (Å²) in [5.41, 5.74) is 0. The first-order valence-electron chi connectivity index (χ1n) is 4.98. The Labute approximate surface area is 91.2 Å². The van der Waals surface area contributed by atoms with E-state index in [2.05, 4.69) is 15.5 Å². The first kappa shape index (κ1) is 13.0. The van der Waals surface area contributed by atoms with E-state index in [4.69, 9.17) is 4.42 Å². The van der Waals surface area contributed by atoms with Crippen molar-refractivity contribution in [3.05, 3.63) is 11.8 Å². The lowest BCUT2D eigenvalue weighted by molar-refractivity contribution is -0.130. The summed E-state index contributed by atoms with van der Waals surface area (Å²) < 4.78 is 40.8. The van der Waals surface area contributed by atoms with Gasteiger partial charge >= 0.3 is 6.18 Å². The van der Waals surface area contributed by atoms with Gasteiger partial charge in [-0.2, -0.15) is 13.2 Å². The van der Waals surface area contributed by atoms with E-state index in [0.717, 1.165) is 0 Å². The average Bonchev–Trinajstić information content (AvgIpc) is 2.48. The molecule has 1 N–H and O–H groups in total. The lowest BCUT2D eigenvalue weighted by Gasteiger charge is -2.04. The minimum absolute atomic E-state index is 0.229. The molecular weight excluding hydrogens is 223 g/mol. The molecule has 1 aromatic heterocycles. The number of aromatic nitrogens is 2. The minimum Gasteiger partial charge on any atom is -0.425 e. The second kappa shape index (κ2) is 5.29. The highest BCUT2D eigenvalue weighted by Crippen LogP contribution is 2.20. The fourth-order valence-corrected chi connectivity index (χ4v) is 1.10. The molecule has 0 amide bonds. The highest BCUT2D eigenvalue weighted by atomic mass is 19.4. The van der Waals surface area contributed by atoms with Crippen LogP contribution in [-0.2, 0) is 12.8 Å². The number of hydrogen-bond acceptors (Lipinski definition) is 4. The van der Waals surface area contributed by atoms with Crippen LogP contribution in [0.25, 0.3) is 0 Å². The molecule has 0 aromatic carbocycles. The van der Waals surface area contributed by atoms with Crippen LogP contribution in [0.3, 0.4) is 0 Å². The van der Waals surface area contributed by atoms with Crippen LogP contribution in [0.4, 0.5) is 13.2 Å². The van der Waals surface area contributed by atoms with Gasteiger partial charge in [-0.15, -0.1) is 10.2 Å². The Bertz CT molecular complexity index is 322. The molecule has 1 aromatic rings. The van der Waals surface area contributed by atoms with E-state index in [1.54, 1.807) is 0 Å². The molecule has 0 saturated heterocycles. The van der Waals surface area contributed by atoms with Crippen LogP contribution >= 0.6 is 0 Å². The molecule has 1 heterocycles. The van der Waals surface area contributed by atoms with Crippen LogP contribution in [0.2, 0.25) is 0 Å². The number of hydrogen-bond donors (Lipinski definition) is 1. The molecule has 0 aliphatic rings. The quantitative estimate of drug-likeness (QED) is 0.847. The summed E-state index contributed by atoms with van der Waals surface area (Å²) in [7, 11) is 0. The Hall–Kier alpha value is -1.11. The highest BCUT2D eigenvalue weighted by molar-refractivity contribution is 4.85. The van der Waals surface area contributed by atoms with Crippen LogP contribution in [0.5, 0.6) is 0 Å². The van der Waals surface area contributed by atoms with Gasteiger partial charge in [0.15, 0.2) is 0 Å². The van der Waals surface area contributed by atoms with Gasteiger partial charge in [0.2, 0.25) is 11.8 Å². The fraction of sp³-hybridized carbons (Fsp3) is 0.778. The van der Waals surface area contributed by atoms with Gasteiger partial charge in [-0.3, -0.25) is 0 Å². The lowest BCUT2D eigenvalue weighted by Crippen LogP contribution is -2.25. The molecule has 1 rings (SSSR count). The van der Waals surface area contributed by atoms with Gasteiger partial charge in [0.05, 0.1) is 0 Å². The van der Waals surface area contributed by atoms with E-state index in [-0.39, 0.29) is 11.8 Å². The van der Waals surface area contributed by atoms with E-state index in [1.165, 1.54) is 0 Å². The van der Waals surface area contributed by atoms with Crippen LogP contribution in [0.1, 0.15) is 25.6 Å². The maximum Gasteiger partial charge on any atom is 0.397 e. The van der Waals surface area contributed by atoms with E-state index in [1.807, 2.05) is 13.8 Å². The van der Waals surface area contributed by atoms with Gasteiger partial charge in [0, 0.05) is 19.0 Å². The molecule has 0 fully saturated rings. The van der Waals surface area contributed by atoms with Gasteiger partial charge in [-0.05, 0) is 0 Å². The van der Waals surface area contributed by atoms with Gasteiger partial charge in [-0.25, -0.2) is 0 Å². The van der Waals surface area contributed by atoms with Crippen LogP contribution in [0.15, 0.2) is 4.42 Å². The van der Waals surface area contributed by atoms with Crippen molar-refractivity contribution in [2.75, 3.05) is 6.54 Å². The van der Waals surface area contributed by atoms with Crippen molar-refractivity contribution in [2.45, 2.75) is 38.9 Å². The molecule has 0 saturated carbocycles. The predicted molar refractivity (Wildman–Crippen MR) is 50.9 cm³/mol. The van der Waals surface area contributed by atoms with Crippen molar-refractivity contribution in [3.8, 4) is 0 Å². The van der Waals surface area contributed by atoms with Gasteiger partial charge in [-0.1, -0.05) is 13.8 Å². The zero-order chi connectivity index (χ0) is 12.2. The molecule has 0 spiro atoms. The van der Waals surface area contributed by atoms with Crippen molar-refractivity contribution >= 4 is 0 Å². The Kier molecular flexibility index (Phi) is 4.28. The van der Waals surface area contributed by atoms with Crippen molar-refractivity contribution in [1.82, 2.24) is 15.5 Å². The summed E-state index contributed by atoms with van der Waals surface area (Å²) in [6.45, 7) is 4.55. The number of alkyl halides is 3. The third-order valence-corrected chi connectivity index (χ3v) is 1.75. The molecule has 92 valence electrons. The third kappa shape index (κ3) is 5.11. The zero-order valence-electron chi connectivity index (χ0n) is 9.14. The summed E-state index contributed by atoms with van der Waals surface area (Å²) in [4.78, 5) is 0. The Morgan fingerprint density at radius 1 is 1.25 bits per heavy atom. The largest absolute Gasteiger partial charge is 0.425 e. The molecule has 4 nitrogen and oxygen atoms in total. The number of halogens is 3. The van der Waals surface area contributed by atoms with Crippen LogP contribution in [-0.4, -0.2) is 29.0 Å². The Morgan fingerprint density at radius 3 is 2.44 bits per heavy atom. The molecule has 0 bridgehead atoms. The fourth-order valence-electron chi connectivity index (χ4n) is 1.10. The zero-order valence-corrected chi connectivity index (χ0v) is 9.14. The van der Waals surface area contributed by atoms with Crippen LogP contribution < -0.4 is 5.32 Å². The lowest BCUT2D eigenvalue weighted by atomic mass is 10.3. The van der Waals surface area contributed by atoms with E-state index >= 15 is 0 Å². The van der Waals surface area contributed by atoms with Gasteiger partial charge < -0.3 is 9.73 Å². The standard InChI is InChI=1S/C9H14F3N3O/c1-6(2)13-4-3-7-14-15-8(16-7)5-9(10,11)12/h6,13H,3-5H2,1-2H3. The topological polar surface area (TPSA) is 51.0 Å². The summed E-state index contributed by atoms with van der Waals surface area (Å²) in [5.74, 6) is -0.153. The van der Waals surface area contributed by atoms with Crippen molar-refractivity contribution in [1.29, 1.82) is 0 Å². The van der Waals surface area contributed by atoms with E-state index < -0.39 is 12.6 Å². The summed E-state index contributed by atoms with van der Waals surface area (Å²) >= 11 is 0. The molecule has 0 unspecified atom stereocenters. The number of nitrogens with one attached hydrogen (secondary N) is 1. The van der Waals surface area contributed by atoms with Gasteiger partial charge in [0.1, 0.15) is 6.42 Å². The highest BCUT2D eigenvalue weighted by Gasteiger charge is 2.30. The Morgan fingerprint density at radius 2 is 1.88 bits per heavy atom. The number of nitrogens with zero attached hydrogens (tertiary/aromatic N) is 2. The minimum atomic E-state index is -4.31. The molecule has 0 radical (unpaired) electrons. The van der Waals surface area contributed by atoms with Crippen LogP contribution in [0, 0.1) is 0 Å². The monoisotopic (exact) mass is 237 g/mol. The molecule has 0 aliphatic heterocycles. The first-order chi connectivity index (χ1) is 7.37. The summed E-state index contributed by atoms with van der Waals surface area (Å²) in [6.07, 6.45) is -5.04. The van der Waals surface area contributed by atoms with Gasteiger partial charge in [0.25, 0.3) is 0 Å². The smallest absolute Gasteiger partial charge is 0.397 e. The molecule has 0 aliphatic carbocycles. The predicted octanol–water partition coefficient (Wildman–Crippen LogP) is 1.71. The average molecular weight is 237 g/mol. The van der Waals surface area contributed by atoms with E-state index in [9.17, 15) is 13.2 Å². The molecule has 16 heavy (non-hydrogen) atoms. The van der Waals surface area contributed by atoms with Crippen molar-refractivity contribution in [3.63, 3.8) is 0 Å². The molecular formula is C9H14F3N3O. The number of rotatable bonds is 5. The second-order valence-corrected chi connectivity index (χ2v) is 3.74. The van der Waals surface area contributed by atoms with Crippen molar-refractivity contribution < 1.29 is 17.6 Å². The Balaban J connectivity index is 2.40. The SMILES string of the molecule is CC(C)NCCc1nnc(CC(F)(F)F)o1. The third-order valence-electron chi connectivity index (χ3n) is 1.75. The van der Waals surface area contributed by atoms with Crippen molar-refractivity contribution in [2.24, 2.45) is 0 Å². The van der Waals surface area contributed by atoms with E-state index in [0.29, 0.717) is 19.0 Å². The first-order valence-corrected chi connectivity index (χ1v) is 4.98. The molecule has 7 heteroatoms. The summed E-state index contributed by atoms with van der Waals surface area (Å²) in [6, 6.07) is 0.317. The maximum absolute atomic E-state index is 12.0. The second-order valence-electron chi connectivity index (χ2n) is 3.74. The normalized spacial score (nSPS) is 12.4.